The van der Waals surface area contributed by atoms with Crippen molar-refractivity contribution in [3.63, 3.8) is 0 Å². The van der Waals surface area contributed by atoms with E-state index in [0.29, 0.717) is 0 Å². The zero-order valence-corrected chi connectivity index (χ0v) is 13.1. The molecule has 0 aliphatic heterocycles. The number of benzene rings is 1. The van der Waals surface area contributed by atoms with Gasteiger partial charge in [0.1, 0.15) is 5.60 Å². The van der Waals surface area contributed by atoms with E-state index in [1.165, 1.54) is 6.92 Å². The first-order valence-electron chi connectivity index (χ1n) is 7.55. The Labute approximate surface area is 131 Å². The molecule has 0 heterocycles. The molecule has 1 fully saturated rings. The summed E-state index contributed by atoms with van der Waals surface area (Å²) in [5.41, 5.74) is 0.646. The molecule has 118 valence electrons. The van der Waals surface area contributed by atoms with Gasteiger partial charge in [-0.3, -0.25) is 0 Å². The van der Waals surface area contributed by atoms with Crippen LogP contribution in [0.3, 0.4) is 0 Å². The van der Waals surface area contributed by atoms with Crippen LogP contribution in [-0.4, -0.2) is 18.5 Å². The summed E-state index contributed by atoms with van der Waals surface area (Å²) in [5.74, 6) is -0.868. The van der Waals surface area contributed by atoms with E-state index in [2.05, 4.69) is 13.5 Å². The summed E-state index contributed by atoms with van der Waals surface area (Å²) in [7, 11) is 0. The molecule has 4 heteroatoms. The minimum Gasteiger partial charge on any atom is -0.451 e. The third kappa shape index (κ3) is 3.38. The van der Waals surface area contributed by atoms with Gasteiger partial charge in [-0.05, 0) is 31.7 Å². The van der Waals surface area contributed by atoms with Crippen LogP contribution < -0.4 is 0 Å². The molecule has 2 atom stereocenters. The third-order valence-corrected chi connectivity index (χ3v) is 4.21. The van der Waals surface area contributed by atoms with E-state index in [-0.39, 0.29) is 18.1 Å². The molecule has 0 amide bonds. The second kappa shape index (κ2) is 6.77. The SMILES string of the molecule is C=C(C)C(=O)OCC(=O)OC1(c2ccccc2)CCCC1C. The van der Waals surface area contributed by atoms with Crippen LogP contribution in [0.15, 0.2) is 42.5 Å². The van der Waals surface area contributed by atoms with E-state index >= 15 is 0 Å². The standard InChI is InChI=1S/C18H22O4/c1-13(2)17(20)21-12-16(19)22-18(11-7-8-14(18)3)15-9-5-4-6-10-15/h4-6,9-10,14H,1,7-8,11-12H2,2-3H3. The molecule has 4 nitrogen and oxygen atoms in total. The molecule has 0 radical (unpaired) electrons. The van der Waals surface area contributed by atoms with Gasteiger partial charge in [0.25, 0.3) is 0 Å². The summed E-state index contributed by atoms with van der Waals surface area (Å²) in [4.78, 5) is 23.5. The lowest BCUT2D eigenvalue weighted by molar-refractivity contribution is -0.173. The van der Waals surface area contributed by atoms with Crippen molar-refractivity contribution in [1.29, 1.82) is 0 Å². The molecule has 2 rings (SSSR count). The average molecular weight is 302 g/mol. The Morgan fingerprint density at radius 2 is 2.00 bits per heavy atom. The lowest BCUT2D eigenvalue weighted by atomic mass is 9.84. The number of esters is 2. The number of carbonyl (C=O) groups excluding carboxylic acids is 2. The predicted molar refractivity (Wildman–Crippen MR) is 83.0 cm³/mol. The summed E-state index contributed by atoms with van der Waals surface area (Å²) < 4.78 is 10.7. The first kappa shape index (κ1) is 16.3. The summed E-state index contributed by atoms with van der Waals surface area (Å²) in [5, 5.41) is 0. The van der Waals surface area contributed by atoms with Gasteiger partial charge in [-0.2, -0.15) is 0 Å². The molecule has 0 aromatic heterocycles. The van der Waals surface area contributed by atoms with Crippen molar-refractivity contribution in [2.24, 2.45) is 5.92 Å². The highest BCUT2D eigenvalue weighted by molar-refractivity contribution is 5.88. The summed E-state index contributed by atoms with van der Waals surface area (Å²) in [6.07, 6.45) is 2.81. The Hall–Kier alpha value is -2.10. The fraction of sp³-hybridized carbons (Fsp3) is 0.444. The van der Waals surface area contributed by atoms with Gasteiger partial charge >= 0.3 is 11.9 Å². The van der Waals surface area contributed by atoms with Gasteiger partial charge in [0.2, 0.25) is 0 Å². The molecule has 0 bridgehead atoms. The molecule has 1 aromatic carbocycles. The van der Waals surface area contributed by atoms with Crippen molar-refractivity contribution in [2.45, 2.75) is 38.7 Å². The fourth-order valence-corrected chi connectivity index (χ4v) is 2.99. The normalized spacial score (nSPS) is 23.8. The van der Waals surface area contributed by atoms with Crippen molar-refractivity contribution >= 4 is 11.9 Å². The van der Waals surface area contributed by atoms with E-state index in [0.717, 1.165) is 24.8 Å². The van der Waals surface area contributed by atoms with Gasteiger partial charge < -0.3 is 9.47 Å². The smallest absolute Gasteiger partial charge is 0.345 e. The molecule has 1 aromatic rings. The highest BCUT2D eigenvalue weighted by Crippen LogP contribution is 2.46. The van der Waals surface area contributed by atoms with Crippen LogP contribution in [0.1, 0.15) is 38.7 Å². The van der Waals surface area contributed by atoms with Gasteiger partial charge in [0.15, 0.2) is 6.61 Å². The van der Waals surface area contributed by atoms with Crippen LogP contribution >= 0.6 is 0 Å². The predicted octanol–water partition coefficient (Wildman–Crippen LogP) is 3.36. The maximum atomic E-state index is 12.1. The van der Waals surface area contributed by atoms with Gasteiger partial charge in [0, 0.05) is 11.5 Å². The lowest BCUT2D eigenvalue weighted by Crippen LogP contribution is -2.36. The van der Waals surface area contributed by atoms with Crippen LogP contribution in [0.5, 0.6) is 0 Å². The Bertz CT molecular complexity index is 564. The van der Waals surface area contributed by atoms with Crippen LogP contribution in [0.25, 0.3) is 0 Å². The Balaban J connectivity index is 2.10. The van der Waals surface area contributed by atoms with Crippen LogP contribution in [0.4, 0.5) is 0 Å². The van der Waals surface area contributed by atoms with E-state index in [4.69, 9.17) is 9.47 Å². The molecule has 1 aliphatic carbocycles. The summed E-state index contributed by atoms with van der Waals surface area (Å²) >= 11 is 0. The van der Waals surface area contributed by atoms with Gasteiger partial charge in [-0.1, -0.05) is 43.8 Å². The van der Waals surface area contributed by atoms with Crippen molar-refractivity contribution < 1.29 is 19.1 Å². The van der Waals surface area contributed by atoms with Crippen molar-refractivity contribution in [3.8, 4) is 0 Å². The number of rotatable bonds is 5. The second-order valence-corrected chi connectivity index (χ2v) is 5.88. The van der Waals surface area contributed by atoms with Gasteiger partial charge in [-0.25, -0.2) is 9.59 Å². The van der Waals surface area contributed by atoms with E-state index < -0.39 is 17.5 Å². The largest absolute Gasteiger partial charge is 0.451 e. The maximum Gasteiger partial charge on any atom is 0.345 e. The zero-order chi connectivity index (χ0) is 16.2. The van der Waals surface area contributed by atoms with E-state index in [1.54, 1.807) is 0 Å². The zero-order valence-electron chi connectivity index (χ0n) is 13.1. The first-order chi connectivity index (χ1) is 10.5. The fourth-order valence-electron chi connectivity index (χ4n) is 2.99. The monoisotopic (exact) mass is 302 g/mol. The minimum atomic E-state index is -0.617. The van der Waals surface area contributed by atoms with Crippen LogP contribution in [0, 0.1) is 5.92 Å². The second-order valence-electron chi connectivity index (χ2n) is 5.88. The molecular formula is C18H22O4. The maximum absolute atomic E-state index is 12.1. The molecule has 22 heavy (non-hydrogen) atoms. The van der Waals surface area contributed by atoms with Crippen LogP contribution in [-0.2, 0) is 24.7 Å². The summed E-state index contributed by atoms with van der Waals surface area (Å²) in [6, 6.07) is 9.78. The van der Waals surface area contributed by atoms with Crippen molar-refractivity contribution in [3.05, 3.63) is 48.0 Å². The van der Waals surface area contributed by atoms with Gasteiger partial charge in [-0.15, -0.1) is 0 Å². The molecule has 0 spiro atoms. The molecule has 2 unspecified atom stereocenters. The number of ether oxygens (including phenoxy) is 2. The Morgan fingerprint density at radius 1 is 1.32 bits per heavy atom. The number of carbonyl (C=O) groups is 2. The van der Waals surface area contributed by atoms with Crippen molar-refractivity contribution in [1.82, 2.24) is 0 Å². The number of hydrogen-bond acceptors (Lipinski definition) is 4. The Kier molecular flexibility index (Phi) is 5.01. The highest BCUT2D eigenvalue weighted by Gasteiger charge is 2.45. The van der Waals surface area contributed by atoms with E-state index in [9.17, 15) is 9.59 Å². The highest BCUT2D eigenvalue weighted by atomic mass is 16.6. The topological polar surface area (TPSA) is 52.6 Å². The Morgan fingerprint density at radius 3 is 2.55 bits per heavy atom. The molecule has 0 saturated heterocycles. The lowest BCUT2D eigenvalue weighted by Gasteiger charge is -2.34. The number of hydrogen-bond donors (Lipinski definition) is 0. The van der Waals surface area contributed by atoms with Crippen LogP contribution in [0.2, 0.25) is 0 Å². The molecule has 1 saturated carbocycles. The first-order valence-corrected chi connectivity index (χ1v) is 7.55. The van der Waals surface area contributed by atoms with Crippen molar-refractivity contribution in [2.75, 3.05) is 6.61 Å². The third-order valence-electron chi connectivity index (χ3n) is 4.21. The molecular weight excluding hydrogens is 280 g/mol. The van der Waals surface area contributed by atoms with E-state index in [1.807, 2.05) is 30.3 Å². The molecule has 1 aliphatic rings. The quantitative estimate of drug-likeness (QED) is 0.618. The molecule has 0 N–H and O–H groups in total. The minimum absolute atomic E-state index is 0.232. The summed E-state index contributed by atoms with van der Waals surface area (Å²) in [6.45, 7) is 6.73. The average Bonchev–Trinajstić information content (AvgIpc) is 2.87. The van der Waals surface area contributed by atoms with Gasteiger partial charge in [0.05, 0.1) is 0 Å².